The molecule has 344 valence electrons. The van der Waals surface area contributed by atoms with E-state index in [0.29, 0.717) is 23.9 Å². The summed E-state index contributed by atoms with van der Waals surface area (Å²) in [6, 6.07) is 0. The summed E-state index contributed by atoms with van der Waals surface area (Å²) in [6.07, 6.45) is 54.8. The Labute approximate surface area is 371 Å². The number of quaternary nitrogens is 1. The lowest BCUT2D eigenvalue weighted by Crippen LogP contribution is -2.40. The first-order valence-corrected chi connectivity index (χ1v) is 23.1. The number of ether oxygens (including phenoxy) is 4. The lowest BCUT2D eigenvalue weighted by molar-refractivity contribution is -0.870. The van der Waals surface area contributed by atoms with Crippen LogP contribution in [-0.4, -0.2) is 87.4 Å². The quantitative estimate of drug-likeness (QED) is 0.0213. The molecular formula is C52H84NO8+. The Morgan fingerprint density at radius 2 is 0.934 bits per heavy atom. The molecule has 0 aromatic rings. The molecular weight excluding hydrogens is 767 g/mol. The summed E-state index contributed by atoms with van der Waals surface area (Å²) >= 11 is 0. The number of hydrogen-bond acceptors (Lipinski definition) is 7. The molecule has 0 aliphatic rings. The van der Waals surface area contributed by atoms with Gasteiger partial charge in [-0.15, -0.1) is 0 Å². The van der Waals surface area contributed by atoms with Crippen molar-refractivity contribution in [3.8, 4) is 0 Å². The van der Waals surface area contributed by atoms with Gasteiger partial charge in [-0.25, -0.2) is 4.79 Å². The maximum absolute atomic E-state index is 12.7. The van der Waals surface area contributed by atoms with E-state index < -0.39 is 24.3 Å². The first-order chi connectivity index (χ1) is 29.6. The summed E-state index contributed by atoms with van der Waals surface area (Å²) in [5.41, 5.74) is 0. The molecule has 0 spiro atoms. The van der Waals surface area contributed by atoms with E-state index in [2.05, 4.69) is 117 Å². The van der Waals surface area contributed by atoms with Gasteiger partial charge in [0.15, 0.2) is 6.10 Å². The molecule has 0 fully saturated rings. The number of rotatable bonds is 40. The van der Waals surface area contributed by atoms with Crippen LogP contribution in [0, 0.1) is 0 Å². The number of esters is 2. The minimum atomic E-state index is -1.53. The van der Waals surface area contributed by atoms with Crippen molar-refractivity contribution in [1.82, 2.24) is 0 Å². The predicted octanol–water partition coefficient (Wildman–Crippen LogP) is 12.4. The second-order valence-electron chi connectivity index (χ2n) is 16.0. The van der Waals surface area contributed by atoms with E-state index in [4.69, 9.17) is 18.9 Å². The zero-order valence-electron chi connectivity index (χ0n) is 38.8. The SMILES string of the molecule is CC/C=C\C/C=C\C/C=C\C/C=C\C/C=C\C/C=C\C/C=C\C/C=C\C/C=C\CCCC(=O)OC(COC(=O)CCCCCCCCC)COC(OCC[N+](C)(C)C)C(=O)O. The van der Waals surface area contributed by atoms with Crippen molar-refractivity contribution in [2.24, 2.45) is 0 Å². The normalized spacial score (nSPS) is 13.9. The van der Waals surface area contributed by atoms with Crippen LogP contribution in [0.3, 0.4) is 0 Å². The van der Waals surface area contributed by atoms with E-state index in [1.54, 1.807) is 0 Å². The van der Waals surface area contributed by atoms with Crippen LogP contribution in [0.4, 0.5) is 0 Å². The number of carboxylic acids is 1. The minimum absolute atomic E-state index is 0.171. The second-order valence-corrected chi connectivity index (χ2v) is 16.0. The molecule has 0 rings (SSSR count). The van der Waals surface area contributed by atoms with Crippen LogP contribution >= 0.6 is 0 Å². The lowest BCUT2D eigenvalue weighted by Gasteiger charge is -2.25. The van der Waals surface area contributed by atoms with Crippen LogP contribution in [0.2, 0.25) is 0 Å². The highest BCUT2D eigenvalue weighted by Gasteiger charge is 2.25. The molecule has 0 heterocycles. The maximum Gasteiger partial charge on any atom is 0.361 e. The molecule has 0 aromatic carbocycles. The Bertz CT molecular complexity index is 1360. The van der Waals surface area contributed by atoms with Gasteiger partial charge in [-0.3, -0.25) is 9.59 Å². The van der Waals surface area contributed by atoms with E-state index in [9.17, 15) is 19.5 Å². The van der Waals surface area contributed by atoms with Gasteiger partial charge in [0.2, 0.25) is 0 Å². The van der Waals surface area contributed by atoms with Crippen LogP contribution in [0.5, 0.6) is 0 Å². The molecule has 0 aliphatic heterocycles. The standard InChI is InChI=1S/C52H83NO8/c1-6-8-10-12-14-15-16-17-18-19-20-21-22-23-24-25-26-27-28-29-30-31-32-33-34-35-37-39-41-43-50(55)61-48(46-59-49(54)42-40-38-36-13-11-9-7-2)47-60-52(51(56)57)58-45-44-53(3,4)5/h8,10,14-15,17-18,20-21,23-24,26-27,29-30,32-33,35,37,48,52H,6-7,9,11-13,16,19,22,25,28,31,34,36,38-47H2,1-5H3/p+1/b10-8-,15-14-,18-17-,21-20-,24-23-,27-26-,30-29-,33-32-,37-35-. The number of hydrogen-bond donors (Lipinski definition) is 1. The molecule has 0 aliphatic carbocycles. The Morgan fingerprint density at radius 3 is 1.38 bits per heavy atom. The van der Waals surface area contributed by atoms with Gasteiger partial charge in [0.25, 0.3) is 6.29 Å². The molecule has 0 amide bonds. The molecule has 0 saturated carbocycles. The smallest absolute Gasteiger partial charge is 0.361 e. The molecule has 61 heavy (non-hydrogen) atoms. The topological polar surface area (TPSA) is 108 Å². The average molecular weight is 851 g/mol. The molecule has 0 radical (unpaired) electrons. The van der Waals surface area contributed by atoms with E-state index in [1.807, 2.05) is 27.2 Å². The largest absolute Gasteiger partial charge is 0.477 e. The number of carboxylic acid groups (broad SMARTS) is 1. The van der Waals surface area contributed by atoms with Crippen LogP contribution in [-0.2, 0) is 33.3 Å². The van der Waals surface area contributed by atoms with Crippen LogP contribution < -0.4 is 0 Å². The summed E-state index contributed by atoms with van der Waals surface area (Å²) in [4.78, 5) is 36.9. The molecule has 9 nitrogen and oxygen atoms in total. The van der Waals surface area contributed by atoms with Crippen LogP contribution in [0.25, 0.3) is 0 Å². The van der Waals surface area contributed by atoms with E-state index >= 15 is 0 Å². The zero-order valence-corrected chi connectivity index (χ0v) is 38.8. The number of aliphatic carboxylic acids is 1. The number of likely N-dealkylation sites (N-methyl/N-ethyl adjacent to an activating group) is 1. The first-order valence-electron chi connectivity index (χ1n) is 23.1. The van der Waals surface area contributed by atoms with Crippen molar-refractivity contribution >= 4 is 17.9 Å². The van der Waals surface area contributed by atoms with E-state index in [-0.39, 0.29) is 38.6 Å². The van der Waals surface area contributed by atoms with Crippen LogP contribution in [0.1, 0.15) is 142 Å². The Balaban J connectivity index is 4.40. The number of nitrogens with zero attached hydrogens (tertiary/aromatic N) is 1. The Hall–Kier alpha value is -4.05. The number of carbonyl (C=O) groups is 3. The number of allylic oxidation sites excluding steroid dienone is 18. The summed E-state index contributed by atoms with van der Waals surface area (Å²) in [7, 11) is 5.92. The van der Waals surface area contributed by atoms with Gasteiger partial charge in [0, 0.05) is 12.8 Å². The van der Waals surface area contributed by atoms with Gasteiger partial charge >= 0.3 is 17.9 Å². The van der Waals surface area contributed by atoms with Crippen molar-refractivity contribution in [2.45, 2.75) is 155 Å². The number of carbonyl (C=O) groups excluding carboxylic acids is 2. The molecule has 2 unspecified atom stereocenters. The highest BCUT2D eigenvalue weighted by molar-refractivity contribution is 5.71. The monoisotopic (exact) mass is 851 g/mol. The summed E-state index contributed by atoms with van der Waals surface area (Å²) in [5, 5.41) is 9.60. The third-order valence-corrected chi connectivity index (χ3v) is 9.04. The molecule has 0 aromatic heterocycles. The van der Waals surface area contributed by atoms with Gasteiger partial charge in [0.1, 0.15) is 13.2 Å². The van der Waals surface area contributed by atoms with Crippen molar-refractivity contribution in [2.75, 3.05) is 47.5 Å². The van der Waals surface area contributed by atoms with E-state index in [0.717, 1.165) is 83.5 Å². The highest BCUT2D eigenvalue weighted by atomic mass is 16.7. The van der Waals surface area contributed by atoms with E-state index in [1.165, 1.54) is 19.3 Å². The van der Waals surface area contributed by atoms with Gasteiger partial charge in [-0.05, 0) is 77.0 Å². The Kier molecular flexibility index (Phi) is 39.8. The van der Waals surface area contributed by atoms with Crippen LogP contribution in [0.15, 0.2) is 109 Å². The fraction of sp³-hybridized carbons (Fsp3) is 0.596. The fourth-order valence-corrected chi connectivity index (χ4v) is 5.48. The average Bonchev–Trinajstić information content (AvgIpc) is 3.22. The first kappa shape index (κ1) is 57.0. The molecule has 1 N–H and O–H groups in total. The summed E-state index contributed by atoms with van der Waals surface area (Å²) in [6.45, 7) is 4.60. The van der Waals surface area contributed by atoms with Gasteiger partial charge in [-0.2, -0.15) is 0 Å². The van der Waals surface area contributed by atoms with Crippen molar-refractivity contribution in [3.63, 3.8) is 0 Å². The van der Waals surface area contributed by atoms with Crippen molar-refractivity contribution in [3.05, 3.63) is 109 Å². The lowest BCUT2D eigenvalue weighted by atomic mass is 10.1. The second kappa shape index (κ2) is 42.6. The molecule has 9 heteroatoms. The third-order valence-electron chi connectivity index (χ3n) is 9.04. The summed E-state index contributed by atoms with van der Waals surface area (Å²) < 4.78 is 22.5. The maximum atomic E-state index is 12.7. The fourth-order valence-electron chi connectivity index (χ4n) is 5.48. The van der Waals surface area contributed by atoms with Crippen molar-refractivity contribution in [1.29, 1.82) is 0 Å². The molecule has 2 atom stereocenters. The van der Waals surface area contributed by atoms with Gasteiger partial charge in [0.05, 0.1) is 34.4 Å². The predicted molar refractivity (Wildman–Crippen MR) is 253 cm³/mol. The molecule has 0 bridgehead atoms. The minimum Gasteiger partial charge on any atom is -0.477 e. The van der Waals surface area contributed by atoms with Gasteiger partial charge in [-0.1, -0.05) is 162 Å². The Morgan fingerprint density at radius 1 is 0.508 bits per heavy atom. The van der Waals surface area contributed by atoms with Crippen molar-refractivity contribution < 1.29 is 42.9 Å². The van der Waals surface area contributed by atoms with Gasteiger partial charge < -0.3 is 28.5 Å². The molecule has 0 saturated heterocycles. The zero-order chi connectivity index (χ0) is 44.9. The highest BCUT2D eigenvalue weighted by Crippen LogP contribution is 2.11. The summed E-state index contributed by atoms with van der Waals surface area (Å²) in [5.74, 6) is -2.12. The third kappa shape index (κ3) is 43.8. The number of unbranched alkanes of at least 4 members (excludes halogenated alkanes) is 7.